The Labute approximate surface area is 140 Å². The molecule has 1 N–H and O–H groups in total. The number of hydrogen-bond donors (Lipinski definition) is 1. The lowest BCUT2D eigenvalue weighted by molar-refractivity contribution is -0.132. The van der Waals surface area contributed by atoms with E-state index in [4.69, 9.17) is 0 Å². The molecule has 126 valence electrons. The van der Waals surface area contributed by atoms with Crippen molar-refractivity contribution in [2.45, 2.75) is 43.7 Å². The highest BCUT2D eigenvalue weighted by molar-refractivity contribution is 5.85. The largest absolute Gasteiger partial charge is 0.341 e. The second-order valence-corrected chi connectivity index (χ2v) is 6.79. The van der Waals surface area contributed by atoms with Gasteiger partial charge in [-0.25, -0.2) is 8.78 Å². The lowest BCUT2D eigenvalue weighted by Gasteiger charge is -2.24. The van der Waals surface area contributed by atoms with E-state index in [-0.39, 0.29) is 35.7 Å². The maximum absolute atomic E-state index is 13.8. The molecule has 4 unspecified atom stereocenters. The third-order valence-electron chi connectivity index (χ3n) is 5.31. The maximum atomic E-state index is 13.8. The van der Waals surface area contributed by atoms with E-state index in [0.29, 0.717) is 18.5 Å². The van der Waals surface area contributed by atoms with E-state index in [9.17, 15) is 13.6 Å². The number of halogens is 3. The van der Waals surface area contributed by atoms with Crippen molar-refractivity contribution in [3.8, 4) is 0 Å². The van der Waals surface area contributed by atoms with Crippen LogP contribution < -0.4 is 5.32 Å². The van der Waals surface area contributed by atoms with Crippen molar-refractivity contribution in [2.75, 3.05) is 13.1 Å². The highest BCUT2D eigenvalue weighted by Crippen LogP contribution is 2.50. The molecule has 3 fully saturated rings. The van der Waals surface area contributed by atoms with Crippen LogP contribution in [-0.2, 0) is 4.79 Å². The van der Waals surface area contributed by atoms with E-state index in [0.717, 1.165) is 25.9 Å². The molecule has 0 spiro atoms. The molecular weight excluding hydrogens is 322 g/mol. The third-order valence-corrected chi connectivity index (χ3v) is 5.31. The zero-order chi connectivity index (χ0) is 15.3. The number of amides is 1. The quantitative estimate of drug-likeness (QED) is 0.896. The number of nitrogens with zero attached hydrogens (tertiary/aromatic N) is 1. The Morgan fingerprint density at radius 2 is 1.83 bits per heavy atom. The van der Waals surface area contributed by atoms with Crippen LogP contribution in [-0.4, -0.2) is 36.0 Å². The van der Waals surface area contributed by atoms with Gasteiger partial charge in [-0.3, -0.25) is 4.79 Å². The molecule has 6 heteroatoms. The first-order chi connectivity index (χ1) is 10.6. The molecule has 0 aromatic heterocycles. The van der Waals surface area contributed by atoms with Crippen LogP contribution in [0.1, 0.15) is 37.2 Å². The van der Waals surface area contributed by atoms with Crippen LogP contribution in [0.5, 0.6) is 0 Å². The topological polar surface area (TPSA) is 32.3 Å². The van der Waals surface area contributed by atoms with Crippen LogP contribution in [0.25, 0.3) is 0 Å². The van der Waals surface area contributed by atoms with Gasteiger partial charge >= 0.3 is 0 Å². The van der Waals surface area contributed by atoms with Gasteiger partial charge in [0.1, 0.15) is 11.6 Å². The molecule has 1 amide bonds. The number of rotatable bonds is 2. The van der Waals surface area contributed by atoms with Gasteiger partial charge in [-0.2, -0.15) is 0 Å². The first-order valence-corrected chi connectivity index (χ1v) is 8.12. The van der Waals surface area contributed by atoms with Gasteiger partial charge in [0.05, 0.1) is 0 Å². The highest BCUT2D eigenvalue weighted by Gasteiger charge is 2.48. The number of carbonyl (C=O) groups is 1. The van der Waals surface area contributed by atoms with Gasteiger partial charge in [-0.15, -0.1) is 12.4 Å². The maximum Gasteiger partial charge on any atom is 0.226 e. The lowest BCUT2D eigenvalue weighted by Crippen LogP contribution is -2.40. The number of carbonyl (C=O) groups excluding carboxylic acids is 1. The Balaban J connectivity index is 0.00000156. The van der Waals surface area contributed by atoms with Crippen molar-refractivity contribution in [2.24, 2.45) is 5.92 Å². The Kier molecular flexibility index (Phi) is 4.61. The Morgan fingerprint density at radius 1 is 1.13 bits per heavy atom. The molecule has 1 aliphatic carbocycles. The smallest absolute Gasteiger partial charge is 0.226 e. The zero-order valence-corrected chi connectivity index (χ0v) is 13.6. The molecule has 3 nitrogen and oxygen atoms in total. The number of nitrogens with one attached hydrogen (secondary N) is 1. The monoisotopic (exact) mass is 342 g/mol. The van der Waals surface area contributed by atoms with Crippen LogP contribution in [0.2, 0.25) is 0 Å². The average molecular weight is 343 g/mol. The van der Waals surface area contributed by atoms with Crippen LogP contribution in [0.3, 0.4) is 0 Å². The minimum absolute atomic E-state index is 0. The van der Waals surface area contributed by atoms with Gasteiger partial charge in [0.2, 0.25) is 5.91 Å². The molecule has 1 aromatic rings. The summed E-state index contributed by atoms with van der Waals surface area (Å²) in [6, 6.07) is 4.82. The zero-order valence-electron chi connectivity index (χ0n) is 12.8. The van der Waals surface area contributed by atoms with Crippen molar-refractivity contribution in [1.29, 1.82) is 0 Å². The van der Waals surface area contributed by atoms with Gasteiger partial charge < -0.3 is 10.2 Å². The second-order valence-electron chi connectivity index (χ2n) is 6.79. The van der Waals surface area contributed by atoms with E-state index in [1.165, 1.54) is 24.6 Å². The number of benzene rings is 1. The molecular formula is C17H21ClF2N2O. The summed E-state index contributed by atoms with van der Waals surface area (Å²) in [4.78, 5) is 14.6. The molecule has 1 saturated carbocycles. The van der Waals surface area contributed by atoms with Crippen LogP contribution in [0.4, 0.5) is 8.78 Å². The molecule has 4 atom stereocenters. The molecule has 2 heterocycles. The SMILES string of the molecule is Cl.O=C(C1CC1c1c(F)cccc1F)N1CCC2CCC(C1)N2. The summed E-state index contributed by atoms with van der Waals surface area (Å²) >= 11 is 0. The van der Waals surface area contributed by atoms with Crippen LogP contribution in [0, 0.1) is 17.6 Å². The molecule has 1 aromatic carbocycles. The van der Waals surface area contributed by atoms with Gasteiger partial charge in [0.15, 0.2) is 0 Å². The summed E-state index contributed by atoms with van der Waals surface area (Å²) in [6.07, 6.45) is 3.85. The van der Waals surface area contributed by atoms with E-state index in [2.05, 4.69) is 5.32 Å². The van der Waals surface area contributed by atoms with Crippen LogP contribution >= 0.6 is 12.4 Å². The lowest BCUT2D eigenvalue weighted by atomic mass is 10.1. The molecule has 2 aliphatic heterocycles. The minimum Gasteiger partial charge on any atom is -0.341 e. The van der Waals surface area contributed by atoms with Crippen molar-refractivity contribution in [3.63, 3.8) is 0 Å². The van der Waals surface area contributed by atoms with Gasteiger partial charge in [0, 0.05) is 42.6 Å². The second kappa shape index (κ2) is 6.36. The Morgan fingerprint density at radius 3 is 2.57 bits per heavy atom. The van der Waals surface area contributed by atoms with Gasteiger partial charge in [0.25, 0.3) is 0 Å². The first kappa shape index (κ1) is 16.7. The predicted octanol–water partition coefficient (Wildman–Crippen LogP) is 2.84. The molecule has 23 heavy (non-hydrogen) atoms. The summed E-state index contributed by atoms with van der Waals surface area (Å²) in [6.45, 7) is 1.49. The molecule has 4 rings (SSSR count). The number of hydrogen-bond acceptors (Lipinski definition) is 2. The summed E-state index contributed by atoms with van der Waals surface area (Å²) in [5.41, 5.74) is 0.0929. The summed E-state index contributed by atoms with van der Waals surface area (Å²) in [5.74, 6) is -1.53. The minimum atomic E-state index is -0.531. The Bertz CT molecular complexity index is 592. The third kappa shape index (κ3) is 3.09. The first-order valence-electron chi connectivity index (χ1n) is 8.12. The van der Waals surface area contributed by atoms with Gasteiger partial charge in [-0.05, 0) is 37.8 Å². The molecule has 2 bridgehead atoms. The molecule has 3 aliphatic rings. The van der Waals surface area contributed by atoms with E-state index < -0.39 is 11.6 Å². The van der Waals surface area contributed by atoms with Crippen molar-refractivity contribution in [1.82, 2.24) is 10.2 Å². The number of likely N-dealkylation sites (tertiary alicyclic amines) is 1. The fourth-order valence-corrected chi connectivity index (χ4v) is 4.03. The Hall–Kier alpha value is -1.20. The summed E-state index contributed by atoms with van der Waals surface area (Å²) < 4.78 is 27.7. The standard InChI is InChI=1S/C17H20F2N2O.ClH/c18-14-2-1-3-15(19)16(14)12-8-13(12)17(22)21-7-6-10-4-5-11(9-21)20-10;/h1-3,10-13,20H,4-9H2;1H. The molecule has 2 saturated heterocycles. The van der Waals surface area contributed by atoms with Crippen molar-refractivity contribution < 1.29 is 13.6 Å². The van der Waals surface area contributed by atoms with Crippen molar-refractivity contribution in [3.05, 3.63) is 35.4 Å². The fourth-order valence-electron chi connectivity index (χ4n) is 4.03. The van der Waals surface area contributed by atoms with Gasteiger partial charge in [-0.1, -0.05) is 6.07 Å². The summed E-state index contributed by atoms with van der Waals surface area (Å²) in [5, 5.41) is 3.54. The molecule has 0 radical (unpaired) electrons. The number of fused-ring (bicyclic) bond motifs is 2. The fraction of sp³-hybridized carbons (Fsp3) is 0.588. The predicted molar refractivity (Wildman–Crippen MR) is 85.6 cm³/mol. The van der Waals surface area contributed by atoms with Crippen molar-refractivity contribution >= 4 is 18.3 Å². The highest BCUT2D eigenvalue weighted by atomic mass is 35.5. The van der Waals surface area contributed by atoms with E-state index in [1.54, 1.807) is 0 Å². The van der Waals surface area contributed by atoms with Crippen LogP contribution in [0.15, 0.2) is 18.2 Å². The summed E-state index contributed by atoms with van der Waals surface area (Å²) in [7, 11) is 0. The normalized spacial score (nSPS) is 32.2. The average Bonchev–Trinajstić information content (AvgIpc) is 3.16. The van der Waals surface area contributed by atoms with E-state index >= 15 is 0 Å². The van der Waals surface area contributed by atoms with E-state index in [1.807, 2.05) is 4.90 Å².